The molecule has 0 aromatic rings. The van der Waals surface area contributed by atoms with Gasteiger partial charge in [0.2, 0.25) is 5.70 Å². The number of allylic oxidation sites excluding steroid dienone is 12. The molecule has 0 aromatic carbocycles. The molecule has 0 saturated heterocycles. The molecule has 0 bridgehead atoms. The fourth-order valence-electron chi connectivity index (χ4n) is 2.03. The van der Waals surface area contributed by atoms with E-state index >= 15 is 0 Å². The summed E-state index contributed by atoms with van der Waals surface area (Å²) < 4.78 is 0. The van der Waals surface area contributed by atoms with E-state index in [1.54, 1.807) is 6.08 Å². The van der Waals surface area contributed by atoms with E-state index in [1.165, 1.54) is 0 Å². The third kappa shape index (κ3) is 16.4. The van der Waals surface area contributed by atoms with Crippen molar-refractivity contribution < 1.29 is 9.72 Å². The van der Waals surface area contributed by atoms with Crippen molar-refractivity contribution in [2.45, 2.75) is 58.3 Å². The van der Waals surface area contributed by atoms with Gasteiger partial charge in [0.1, 0.15) is 6.29 Å². The molecule has 0 heterocycles. The Bertz CT molecular complexity index is 552. The van der Waals surface area contributed by atoms with Crippen molar-refractivity contribution in [3.8, 4) is 0 Å². The molecule has 142 valence electrons. The number of nitro groups is 1. The summed E-state index contributed by atoms with van der Waals surface area (Å²) in [6, 6.07) is 0. The Morgan fingerprint density at radius 1 is 0.769 bits per heavy atom. The first kappa shape index (κ1) is 23.5. The maximum atomic E-state index is 10.8. The SMILES string of the molecule is CC/C=C\C/C=C\C/C=C\C/C=C\C/C=C\C/C=C(\CCC=O)[N+](=O)[O-]. The number of hydrogen-bond acceptors (Lipinski definition) is 3. The van der Waals surface area contributed by atoms with Gasteiger partial charge in [-0.3, -0.25) is 10.1 Å². The Morgan fingerprint density at radius 3 is 1.58 bits per heavy atom. The van der Waals surface area contributed by atoms with Crippen LogP contribution in [0.2, 0.25) is 0 Å². The number of carbonyl (C=O) groups excluding carboxylic acids is 1. The van der Waals surface area contributed by atoms with Crippen molar-refractivity contribution in [1.29, 1.82) is 0 Å². The molecule has 0 saturated carbocycles. The molecule has 0 unspecified atom stereocenters. The van der Waals surface area contributed by atoms with Gasteiger partial charge in [-0.2, -0.15) is 0 Å². The van der Waals surface area contributed by atoms with Crippen molar-refractivity contribution in [2.75, 3.05) is 0 Å². The largest absolute Gasteiger partial charge is 0.303 e. The van der Waals surface area contributed by atoms with Crippen molar-refractivity contribution >= 4 is 6.29 Å². The first-order valence-electron chi connectivity index (χ1n) is 9.24. The van der Waals surface area contributed by atoms with Gasteiger partial charge < -0.3 is 4.79 Å². The predicted octanol–water partition coefficient (Wildman–Crippen LogP) is 6.27. The average Bonchev–Trinajstić information content (AvgIpc) is 2.63. The fourth-order valence-corrected chi connectivity index (χ4v) is 2.03. The first-order valence-corrected chi connectivity index (χ1v) is 9.24. The van der Waals surface area contributed by atoms with Gasteiger partial charge in [-0.15, -0.1) is 0 Å². The molecule has 0 N–H and O–H groups in total. The normalized spacial score (nSPS) is 13.2. The highest BCUT2D eigenvalue weighted by Crippen LogP contribution is 2.06. The first-order chi connectivity index (χ1) is 12.7. The maximum absolute atomic E-state index is 10.8. The second-order valence-corrected chi connectivity index (χ2v) is 5.60. The van der Waals surface area contributed by atoms with Crippen LogP contribution in [0.4, 0.5) is 0 Å². The Morgan fingerprint density at radius 2 is 1.19 bits per heavy atom. The molecule has 0 fully saturated rings. The number of aldehydes is 1. The van der Waals surface area contributed by atoms with Crippen LogP contribution in [-0.4, -0.2) is 11.2 Å². The van der Waals surface area contributed by atoms with Gasteiger partial charge in [0.15, 0.2) is 0 Å². The molecule has 4 heteroatoms. The third-order valence-corrected chi connectivity index (χ3v) is 3.40. The summed E-state index contributed by atoms with van der Waals surface area (Å²) in [5, 5.41) is 10.8. The van der Waals surface area contributed by atoms with E-state index in [-0.39, 0.29) is 18.5 Å². The molecule has 0 rings (SSSR count). The Labute approximate surface area is 157 Å². The minimum absolute atomic E-state index is 0.109. The van der Waals surface area contributed by atoms with Gasteiger partial charge in [-0.05, 0) is 44.6 Å². The second-order valence-electron chi connectivity index (χ2n) is 5.60. The number of nitrogens with zero attached hydrogens (tertiary/aromatic N) is 1. The molecule has 0 aliphatic rings. The molecule has 4 nitrogen and oxygen atoms in total. The number of hydrogen-bond donors (Lipinski definition) is 0. The lowest BCUT2D eigenvalue weighted by atomic mass is 10.2. The zero-order chi connectivity index (χ0) is 19.3. The molecule has 0 amide bonds. The second kappa shape index (κ2) is 18.8. The van der Waals surface area contributed by atoms with E-state index in [1.807, 2.05) is 12.2 Å². The summed E-state index contributed by atoms with van der Waals surface area (Å²) >= 11 is 0. The zero-order valence-corrected chi connectivity index (χ0v) is 15.8. The third-order valence-electron chi connectivity index (χ3n) is 3.40. The summed E-state index contributed by atoms with van der Waals surface area (Å²) in [6.45, 7) is 2.13. The lowest BCUT2D eigenvalue weighted by molar-refractivity contribution is -0.428. The predicted molar refractivity (Wildman–Crippen MR) is 109 cm³/mol. The van der Waals surface area contributed by atoms with Crippen LogP contribution in [0.3, 0.4) is 0 Å². The molecule has 0 radical (unpaired) electrons. The van der Waals surface area contributed by atoms with E-state index < -0.39 is 4.92 Å². The quantitative estimate of drug-likeness (QED) is 0.150. The van der Waals surface area contributed by atoms with Gasteiger partial charge in [0.25, 0.3) is 0 Å². The highest BCUT2D eigenvalue weighted by atomic mass is 16.6. The number of carbonyl (C=O) groups is 1. The van der Waals surface area contributed by atoms with Crippen molar-refractivity contribution in [1.82, 2.24) is 0 Å². The lowest BCUT2D eigenvalue weighted by Crippen LogP contribution is -1.98. The van der Waals surface area contributed by atoms with Crippen LogP contribution in [0.25, 0.3) is 0 Å². The molecule has 0 atom stereocenters. The van der Waals surface area contributed by atoms with Crippen LogP contribution in [-0.2, 0) is 4.79 Å². The van der Waals surface area contributed by atoms with Gasteiger partial charge >= 0.3 is 0 Å². The Balaban J connectivity index is 3.83. The Hall–Kier alpha value is -2.49. The molecule has 0 aliphatic heterocycles. The van der Waals surface area contributed by atoms with Crippen LogP contribution in [0.1, 0.15) is 58.3 Å². The maximum Gasteiger partial charge on any atom is 0.243 e. The molecular weight excluding hydrogens is 326 g/mol. The topological polar surface area (TPSA) is 60.2 Å². The van der Waals surface area contributed by atoms with Crippen LogP contribution in [0, 0.1) is 10.1 Å². The molecule has 0 aliphatic carbocycles. The van der Waals surface area contributed by atoms with Crippen molar-refractivity contribution in [3.05, 3.63) is 82.6 Å². The summed E-state index contributed by atoms with van der Waals surface area (Å²) in [5.74, 6) is 0. The standard InChI is InChI=1S/C22H31NO3/c1-2-3-4-5-6-7-8-9-10-11-12-13-14-15-16-17-19-22(23(25)26)20-18-21-24/h3-4,6-7,9-10,12-13,15-16,19,21H,2,5,8,11,14,17-18,20H2,1H3/b4-3-,7-6-,10-9-,13-12-,16-15-,22-19+. The van der Waals surface area contributed by atoms with Gasteiger partial charge in [-0.25, -0.2) is 0 Å². The molecule has 26 heavy (non-hydrogen) atoms. The minimum atomic E-state index is -0.416. The van der Waals surface area contributed by atoms with Gasteiger partial charge in [0.05, 0.1) is 4.92 Å². The summed E-state index contributed by atoms with van der Waals surface area (Å²) in [5.41, 5.74) is 0.109. The van der Waals surface area contributed by atoms with E-state index in [2.05, 4.69) is 55.5 Å². The minimum Gasteiger partial charge on any atom is -0.303 e. The van der Waals surface area contributed by atoms with Crippen LogP contribution >= 0.6 is 0 Å². The molecule has 0 spiro atoms. The van der Waals surface area contributed by atoms with E-state index in [0.29, 0.717) is 12.7 Å². The van der Waals surface area contributed by atoms with Gasteiger partial charge in [0, 0.05) is 12.8 Å². The monoisotopic (exact) mass is 357 g/mol. The van der Waals surface area contributed by atoms with Gasteiger partial charge in [-0.1, -0.05) is 67.7 Å². The van der Waals surface area contributed by atoms with Crippen molar-refractivity contribution in [2.24, 2.45) is 0 Å². The number of rotatable bonds is 15. The summed E-state index contributed by atoms with van der Waals surface area (Å²) in [7, 11) is 0. The highest BCUT2D eigenvalue weighted by Gasteiger charge is 2.07. The Kier molecular flexibility index (Phi) is 17.0. The van der Waals surface area contributed by atoms with E-state index in [9.17, 15) is 14.9 Å². The smallest absolute Gasteiger partial charge is 0.243 e. The summed E-state index contributed by atoms with van der Waals surface area (Å²) in [4.78, 5) is 20.6. The lowest BCUT2D eigenvalue weighted by Gasteiger charge is -1.93. The van der Waals surface area contributed by atoms with Crippen LogP contribution in [0.5, 0.6) is 0 Å². The molecule has 0 aromatic heterocycles. The van der Waals surface area contributed by atoms with Crippen molar-refractivity contribution in [3.63, 3.8) is 0 Å². The highest BCUT2D eigenvalue weighted by molar-refractivity contribution is 5.49. The average molecular weight is 357 g/mol. The molecular formula is C22H31NO3. The summed E-state index contributed by atoms with van der Waals surface area (Å²) in [6.07, 6.45) is 29.0. The zero-order valence-electron chi connectivity index (χ0n) is 15.8. The van der Waals surface area contributed by atoms with Crippen LogP contribution < -0.4 is 0 Å². The van der Waals surface area contributed by atoms with E-state index in [0.717, 1.165) is 32.1 Å². The van der Waals surface area contributed by atoms with Crippen LogP contribution in [0.15, 0.2) is 72.5 Å². The fraction of sp³-hybridized carbons (Fsp3) is 0.409. The van der Waals surface area contributed by atoms with E-state index in [4.69, 9.17) is 0 Å².